The molecule has 0 aromatic heterocycles. The van der Waals surface area contributed by atoms with Gasteiger partial charge in [0.25, 0.3) is 0 Å². The Morgan fingerprint density at radius 1 is 1.00 bits per heavy atom. The zero-order chi connectivity index (χ0) is 9.72. The normalized spacial score (nSPS) is 19.2. The van der Waals surface area contributed by atoms with Gasteiger partial charge in [0.2, 0.25) is 0 Å². The van der Waals surface area contributed by atoms with Crippen LogP contribution in [0.25, 0.3) is 0 Å². The third-order valence-electron chi connectivity index (χ3n) is 2.83. The van der Waals surface area contributed by atoms with Crippen LogP contribution in [0.4, 0.5) is 0 Å². The van der Waals surface area contributed by atoms with Crippen LogP contribution >= 0.6 is 0 Å². The van der Waals surface area contributed by atoms with Crippen LogP contribution in [-0.2, 0) is 0 Å². The first-order valence-corrected chi connectivity index (χ1v) is 4.90. The Kier molecular flexibility index (Phi) is 5.51. The SMILES string of the molecule is CCC(CC)[C@H](O)[C@H](C)[C@@H](C)O. The van der Waals surface area contributed by atoms with E-state index in [0.29, 0.717) is 5.92 Å². The van der Waals surface area contributed by atoms with Gasteiger partial charge in [0.05, 0.1) is 12.2 Å². The molecule has 0 spiro atoms. The van der Waals surface area contributed by atoms with Crippen molar-refractivity contribution in [1.82, 2.24) is 0 Å². The van der Waals surface area contributed by atoms with Crippen molar-refractivity contribution in [2.75, 3.05) is 0 Å². The van der Waals surface area contributed by atoms with Crippen LogP contribution in [0.3, 0.4) is 0 Å². The van der Waals surface area contributed by atoms with Crippen LogP contribution in [0.5, 0.6) is 0 Å². The summed E-state index contributed by atoms with van der Waals surface area (Å²) in [6.07, 6.45) is 1.18. The molecule has 2 nitrogen and oxygen atoms in total. The van der Waals surface area contributed by atoms with Gasteiger partial charge >= 0.3 is 0 Å². The molecule has 0 aliphatic heterocycles. The van der Waals surface area contributed by atoms with Crippen molar-refractivity contribution in [3.63, 3.8) is 0 Å². The van der Waals surface area contributed by atoms with Crippen molar-refractivity contribution in [2.24, 2.45) is 11.8 Å². The fourth-order valence-corrected chi connectivity index (χ4v) is 1.49. The molecule has 0 aliphatic carbocycles. The lowest BCUT2D eigenvalue weighted by Gasteiger charge is -2.27. The second-order valence-electron chi connectivity index (χ2n) is 3.67. The smallest absolute Gasteiger partial charge is 0.0618 e. The van der Waals surface area contributed by atoms with Crippen molar-refractivity contribution < 1.29 is 10.2 Å². The lowest BCUT2D eigenvalue weighted by molar-refractivity contribution is -0.00514. The van der Waals surface area contributed by atoms with Gasteiger partial charge in [-0.1, -0.05) is 33.6 Å². The highest BCUT2D eigenvalue weighted by atomic mass is 16.3. The molecule has 0 amide bonds. The first-order valence-electron chi connectivity index (χ1n) is 4.90. The molecule has 2 N–H and O–H groups in total. The molecule has 0 rings (SSSR count). The lowest BCUT2D eigenvalue weighted by Crippen LogP contribution is -2.33. The first-order chi connectivity index (χ1) is 5.54. The maximum Gasteiger partial charge on any atom is 0.0618 e. The van der Waals surface area contributed by atoms with Gasteiger partial charge in [-0.25, -0.2) is 0 Å². The maximum absolute atomic E-state index is 9.79. The van der Waals surface area contributed by atoms with Gasteiger partial charge in [-0.3, -0.25) is 0 Å². The molecule has 2 heteroatoms. The Morgan fingerprint density at radius 3 is 1.67 bits per heavy atom. The zero-order valence-electron chi connectivity index (χ0n) is 8.62. The molecule has 0 saturated heterocycles. The van der Waals surface area contributed by atoms with Gasteiger partial charge in [-0.05, 0) is 12.8 Å². The van der Waals surface area contributed by atoms with Crippen molar-refractivity contribution >= 4 is 0 Å². The third kappa shape index (κ3) is 3.11. The summed E-state index contributed by atoms with van der Waals surface area (Å²) in [6, 6.07) is 0. The van der Waals surface area contributed by atoms with Crippen LogP contribution in [0, 0.1) is 11.8 Å². The van der Waals surface area contributed by atoms with Gasteiger partial charge in [0.1, 0.15) is 0 Å². The number of aliphatic hydroxyl groups is 2. The van der Waals surface area contributed by atoms with E-state index in [4.69, 9.17) is 0 Å². The van der Waals surface area contributed by atoms with Gasteiger partial charge in [-0.15, -0.1) is 0 Å². The van der Waals surface area contributed by atoms with E-state index < -0.39 is 6.10 Å². The minimum absolute atomic E-state index is 0.0186. The van der Waals surface area contributed by atoms with E-state index in [1.807, 2.05) is 6.92 Å². The molecule has 0 heterocycles. The average Bonchev–Trinajstić information content (AvgIpc) is 2.05. The van der Waals surface area contributed by atoms with Gasteiger partial charge < -0.3 is 10.2 Å². The van der Waals surface area contributed by atoms with E-state index in [-0.39, 0.29) is 12.0 Å². The third-order valence-corrected chi connectivity index (χ3v) is 2.83. The Balaban J connectivity index is 4.05. The first kappa shape index (κ1) is 11.9. The summed E-state index contributed by atoms with van der Waals surface area (Å²) in [6.45, 7) is 7.78. The molecular formula is C10H22O2. The number of hydrogen-bond acceptors (Lipinski definition) is 2. The molecule has 74 valence electrons. The Morgan fingerprint density at radius 2 is 1.42 bits per heavy atom. The minimum atomic E-state index is -0.416. The van der Waals surface area contributed by atoms with E-state index in [9.17, 15) is 10.2 Å². The highest BCUT2D eigenvalue weighted by molar-refractivity contribution is 4.75. The highest BCUT2D eigenvalue weighted by Crippen LogP contribution is 2.21. The van der Waals surface area contributed by atoms with Gasteiger partial charge in [-0.2, -0.15) is 0 Å². The van der Waals surface area contributed by atoms with E-state index in [0.717, 1.165) is 12.8 Å². The van der Waals surface area contributed by atoms with E-state index in [1.54, 1.807) is 6.92 Å². The standard InChI is InChI=1S/C10H22O2/c1-5-9(6-2)10(12)7(3)8(4)11/h7-12H,5-6H2,1-4H3/t7-,8-,10-/m1/s1. The summed E-state index contributed by atoms with van der Waals surface area (Å²) < 4.78 is 0. The predicted molar refractivity (Wildman–Crippen MR) is 50.9 cm³/mol. The molecule has 0 bridgehead atoms. The summed E-state index contributed by atoms with van der Waals surface area (Å²) in [4.78, 5) is 0. The summed E-state index contributed by atoms with van der Waals surface area (Å²) in [5, 5.41) is 19.1. The second-order valence-corrected chi connectivity index (χ2v) is 3.67. The zero-order valence-corrected chi connectivity index (χ0v) is 8.62. The molecule has 3 atom stereocenters. The fraction of sp³-hybridized carbons (Fsp3) is 1.00. The highest BCUT2D eigenvalue weighted by Gasteiger charge is 2.24. The minimum Gasteiger partial charge on any atom is -0.393 e. The molecule has 0 aromatic rings. The molecular weight excluding hydrogens is 152 g/mol. The summed E-state index contributed by atoms with van der Waals surface area (Å²) >= 11 is 0. The molecule has 0 saturated carbocycles. The molecule has 0 aromatic carbocycles. The molecule has 12 heavy (non-hydrogen) atoms. The van der Waals surface area contributed by atoms with Gasteiger partial charge in [0, 0.05) is 5.92 Å². The predicted octanol–water partition coefficient (Wildman–Crippen LogP) is 1.80. The Bertz CT molecular complexity index is 106. The van der Waals surface area contributed by atoms with Crippen molar-refractivity contribution in [1.29, 1.82) is 0 Å². The van der Waals surface area contributed by atoms with Gasteiger partial charge in [0.15, 0.2) is 0 Å². The van der Waals surface area contributed by atoms with Crippen LogP contribution < -0.4 is 0 Å². The summed E-state index contributed by atoms with van der Waals surface area (Å²) in [7, 11) is 0. The Labute approximate surface area is 75.6 Å². The lowest BCUT2D eigenvalue weighted by atomic mass is 9.86. The molecule has 0 fully saturated rings. The number of aliphatic hydroxyl groups excluding tert-OH is 2. The monoisotopic (exact) mass is 174 g/mol. The van der Waals surface area contributed by atoms with Crippen LogP contribution in [0.2, 0.25) is 0 Å². The van der Waals surface area contributed by atoms with Crippen molar-refractivity contribution in [2.45, 2.75) is 52.7 Å². The van der Waals surface area contributed by atoms with E-state index in [1.165, 1.54) is 0 Å². The summed E-state index contributed by atoms with van der Waals surface area (Å²) in [5.74, 6) is 0.310. The summed E-state index contributed by atoms with van der Waals surface area (Å²) in [5.41, 5.74) is 0. The van der Waals surface area contributed by atoms with Crippen molar-refractivity contribution in [3.8, 4) is 0 Å². The van der Waals surface area contributed by atoms with E-state index in [2.05, 4.69) is 13.8 Å². The molecule has 0 radical (unpaired) electrons. The molecule has 0 unspecified atom stereocenters. The fourth-order valence-electron chi connectivity index (χ4n) is 1.49. The van der Waals surface area contributed by atoms with Crippen LogP contribution in [0.1, 0.15) is 40.5 Å². The largest absolute Gasteiger partial charge is 0.393 e. The van der Waals surface area contributed by atoms with Crippen LogP contribution in [-0.4, -0.2) is 22.4 Å². The number of hydrogen-bond donors (Lipinski definition) is 2. The molecule has 0 aliphatic rings. The van der Waals surface area contributed by atoms with Crippen LogP contribution in [0.15, 0.2) is 0 Å². The van der Waals surface area contributed by atoms with E-state index >= 15 is 0 Å². The quantitative estimate of drug-likeness (QED) is 0.667. The Hall–Kier alpha value is -0.0800. The second kappa shape index (κ2) is 5.55. The topological polar surface area (TPSA) is 40.5 Å². The average molecular weight is 174 g/mol. The van der Waals surface area contributed by atoms with Crippen molar-refractivity contribution in [3.05, 3.63) is 0 Å². The maximum atomic E-state index is 9.79. The number of rotatable bonds is 5.